The van der Waals surface area contributed by atoms with E-state index in [4.69, 9.17) is 5.73 Å². The summed E-state index contributed by atoms with van der Waals surface area (Å²) in [6, 6.07) is 3.22. The van der Waals surface area contributed by atoms with Gasteiger partial charge >= 0.3 is 0 Å². The fourth-order valence-electron chi connectivity index (χ4n) is 2.25. The summed E-state index contributed by atoms with van der Waals surface area (Å²) in [6.07, 6.45) is 0. The van der Waals surface area contributed by atoms with Crippen LogP contribution in [0.1, 0.15) is 10.9 Å². The predicted octanol–water partition coefficient (Wildman–Crippen LogP) is -0.0197. The second kappa shape index (κ2) is 7.02. The molecule has 2 rings (SSSR count). The summed E-state index contributed by atoms with van der Waals surface area (Å²) < 4.78 is 0. The molecule has 116 valence electrons. The summed E-state index contributed by atoms with van der Waals surface area (Å²) in [6.45, 7) is 3.08. The van der Waals surface area contributed by atoms with E-state index in [-0.39, 0.29) is 11.8 Å². The first-order valence-electron chi connectivity index (χ1n) is 6.99. The molecule has 1 aliphatic rings. The van der Waals surface area contributed by atoms with Gasteiger partial charge in [-0.1, -0.05) is 6.07 Å². The second-order valence-corrected chi connectivity index (χ2v) is 6.36. The van der Waals surface area contributed by atoms with E-state index in [0.29, 0.717) is 32.7 Å². The van der Waals surface area contributed by atoms with Crippen LogP contribution in [0.25, 0.3) is 0 Å². The van der Waals surface area contributed by atoms with Gasteiger partial charge in [0.1, 0.15) is 6.04 Å². The minimum atomic E-state index is -0.569. The quantitative estimate of drug-likeness (QED) is 0.848. The number of rotatable bonds is 4. The van der Waals surface area contributed by atoms with Gasteiger partial charge in [-0.15, -0.1) is 11.3 Å². The Labute approximate surface area is 129 Å². The van der Waals surface area contributed by atoms with Crippen LogP contribution in [0.3, 0.4) is 0 Å². The molecule has 2 N–H and O–H groups in total. The topological polar surface area (TPSA) is 69.9 Å². The molecular weight excluding hydrogens is 288 g/mol. The highest BCUT2D eigenvalue weighted by Crippen LogP contribution is 2.19. The van der Waals surface area contributed by atoms with Crippen molar-refractivity contribution < 1.29 is 9.59 Å². The van der Waals surface area contributed by atoms with Crippen LogP contribution >= 0.6 is 11.3 Å². The Morgan fingerprint density at radius 3 is 2.52 bits per heavy atom. The van der Waals surface area contributed by atoms with E-state index in [9.17, 15) is 9.59 Å². The van der Waals surface area contributed by atoms with Gasteiger partial charge in [-0.05, 0) is 11.4 Å². The number of nitrogens with two attached hydrogens (primary N) is 1. The van der Waals surface area contributed by atoms with Crippen molar-refractivity contribution in [3.8, 4) is 0 Å². The van der Waals surface area contributed by atoms with Crippen LogP contribution in [0.5, 0.6) is 0 Å². The number of carbonyl (C=O) groups excluding carboxylic acids is 2. The van der Waals surface area contributed by atoms with E-state index in [1.807, 2.05) is 17.5 Å². The third-order valence-electron chi connectivity index (χ3n) is 3.66. The number of likely N-dealkylation sites (N-methyl/N-ethyl adjacent to an activating group) is 1. The van der Waals surface area contributed by atoms with Crippen molar-refractivity contribution in [2.75, 3.05) is 46.8 Å². The minimum absolute atomic E-state index is 0.0314. The molecule has 1 aromatic heterocycles. The van der Waals surface area contributed by atoms with Crippen LogP contribution < -0.4 is 5.73 Å². The Kier molecular flexibility index (Phi) is 5.33. The van der Waals surface area contributed by atoms with Crippen molar-refractivity contribution in [1.82, 2.24) is 14.7 Å². The summed E-state index contributed by atoms with van der Waals surface area (Å²) in [7, 11) is 3.50. The molecule has 0 aliphatic carbocycles. The van der Waals surface area contributed by atoms with Crippen LogP contribution in [-0.2, 0) is 9.59 Å². The average Bonchev–Trinajstić information content (AvgIpc) is 3.00. The average molecular weight is 310 g/mol. The first-order chi connectivity index (χ1) is 9.99. The van der Waals surface area contributed by atoms with Crippen molar-refractivity contribution in [1.29, 1.82) is 0 Å². The molecule has 0 spiro atoms. The molecule has 0 bridgehead atoms. The van der Waals surface area contributed by atoms with Gasteiger partial charge in [0, 0.05) is 45.2 Å². The molecule has 1 atom stereocenters. The lowest BCUT2D eigenvalue weighted by Crippen LogP contribution is -2.52. The van der Waals surface area contributed by atoms with Gasteiger partial charge < -0.3 is 15.5 Å². The Balaban J connectivity index is 1.83. The maximum absolute atomic E-state index is 12.3. The zero-order valence-corrected chi connectivity index (χ0v) is 13.3. The lowest BCUT2D eigenvalue weighted by molar-refractivity contribution is -0.135. The number of hydrogen-bond acceptors (Lipinski definition) is 5. The van der Waals surface area contributed by atoms with E-state index in [1.54, 1.807) is 23.9 Å². The third-order valence-corrected chi connectivity index (χ3v) is 4.61. The van der Waals surface area contributed by atoms with Crippen molar-refractivity contribution >= 4 is 23.2 Å². The van der Waals surface area contributed by atoms with Crippen LogP contribution in [0.2, 0.25) is 0 Å². The standard InChI is InChI=1S/C14H22N4O2S/c1-16(2)12(19)10-17-5-7-18(8-6-17)14(20)13(15)11-4-3-9-21-11/h3-4,9,13H,5-8,10,15H2,1-2H3. The highest BCUT2D eigenvalue weighted by atomic mass is 32.1. The third kappa shape index (κ3) is 4.03. The van der Waals surface area contributed by atoms with Crippen molar-refractivity contribution in [2.45, 2.75) is 6.04 Å². The second-order valence-electron chi connectivity index (χ2n) is 5.38. The summed E-state index contributed by atoms with van der Waals surface area (Å²) in [5.41, 5.74) is 6.01. The normalized spacial score (nSPS) is 17.6. The molecular formula is C14H22N4O2S. The molecule has 1 unspecified atom stereocenters. The molecule has 0 saturated carbocycles. The Hall–Kier alpha value is -1.44. The number of carbonyl (C=O) groups is 2. The van der Waals surface area contributed by atoms with Crippen LogP contribution in [0, 0.1) is 0 Å². The van der Waals surface area contributed by atoms with E-state index >= 15 is 0 Å². The molecule has 2 heterocycles. The Morgan fingerprint density at radius 2 is 2.00 bits per heavy atom. The summed E-state index contributed by atoms with van der Waals surface area (Å²) in [4.78, 5) is 30.4. The molecule has 0 radical (unpaired) electrons. The number of amides is 2. The van der Waals surface area contributed by atoms with Gasteiger partial charge in [0.2, 0.25) is 11.8 Å². The van der Waals surface area contributed by atoms with Crippen LogP contribution in [-0.4, -0.2) is 73.3 Å². The number of hydrogen-bond donors (Lipinski definition) is 1. The van der Waals surface area contributed by atoms with Gasteiger partial charge in [0.05, 0.1) is 6.54 Å². The highest BCUT2D eigenvalue weighted by molar-refractivity contribution is 7.10. The van der Waals surface area contributed by atoms with Gasteiger partial charge in [-0.25, -0.2) is 0 Å². The van der Waals surface area contributed by atoms with Crippen molar-refractivity contribution in [3.63, 3.8) is 0 Å². The zero-order valence-electron chi connectivity index (χ0n) is 12.5. The molecule has 2 amide bonds. The molecule has 1 fully saturated rings. The largest absolute Gasteiger partial charge is 0.348 e. The number of nitrogens with zero attached hydrogens (tertiary/aromatic N) is 3. The maximum Gasteiger partial charge on any atom is 0.245 e. The fourth-order valence-corrected chi connectivity index (χ4v) is 2.96. The minimum Gasteiger partial charge on any atom is -0.348 e. The van der Waals surface area contributed by atoms with Gasteiger partial charge in [0.25, 0.3) is 0 Å². The maximum atomic E-state index is 12.3. The number of thiophene rings is 1. The molecule has 6 nitrogen and oxygen atoms in total. The van der Waals surface area contributed by atoms with Gasteiger partial charge in [-0.3, -0.25) is 14.5 Å². The molecule has 21 heavy (non-hydrogen) atoms. The fraction of sp³-hybridized carbons (Fsp3) is 0.571. The Bertz CT molecular complexity index is 481. The first-order valence-corrected chi connectivity index (χ1v) is 7.87. The SMILES string of the molecule is CN(C)C(=O)CN1CCN(C(=O)C(N)c2cccs2)CC1. The lowest BCUT2D eigenvalue weighted by atomic mass is 10.2. The summed E-state index contributed by atoms with van der Waals surface area (Å²) >= 11 is 1.50. The molecule has 0 aromatic carbocycles. The Morgan fingerprint density at radius 1 is 1.33 bits per heavy atom. The molecule has 1 saturated heterocycles. The zero-order chi connectivity index (χ0) is 15.4. The predicted molar refractivity (Wildman–Crippen MR) is 83.0 cm³/mol. The van der Waals surface area contributed by atoms with Crippen molar-refractivity contribution in [2.24, 2.45) is 5.73 Å². The lowest BCUT2D eigenvalue weighted by Gasteiger charge is -2.35. The first kappa shape index (κ1) is 15.9. The number of piperazine rings is 1. The van der Waals surface area contributed by atoms with Crippen LogP contribution in [0.15, 0.2) is 17.5 Å². The van der Waals surface area contributed by atoms with Gasteiger partial charge in [0.15, 0.2) is 0 Å². The monoisotopic (exact) mass is 310 g/mol. The smallest absolute Gasteiger partial charge is 0.245 e. The van der Waals surface area contributed by atoms with E-state index in [1.165, 1.54) is 11.3 Å². The molecule has 1 aliphatic heterocycles. The molecule has 1 aromatic rings. The van der Waals surface area contributed by atoms with E-state index < -0.39 is 6.04 Å². The highest BCUT2D eigenvalue weighted by Gasteiger charge is 2.27. The summed E-state index contributed by atoms with van der Waals surface area (Å²) in [5, 5.41) is 1.92. The van der Waals surface area contributed by atoms with Crippen LogP contribution in [0.4, 0.5) is 0 Å². The van der Waals surface area contributed by atoms with E-state index in [2.05, 4.69) is 4.90 Å². The summed E-state index contributed by atoms with van der Waals surface area (Å²) in [5.74, 6) is 0.0566. The van der Waals surface area contributed by atoms with E-state index in [0.717, 1.165) is 4.88 Å². The molecule has 7 heteroatoms. The van der Waals surface area contributed by atoms with Crippen molar-refractivity contribution in [3.05, 3.63) is 22.4 Å². The van der Waals surface area contributed by atoms with Gasteiger partial charge in [-0.2, -0.15) is 0 Å².